The van der Waals surface area contributed by atoms with Gasteiger partial charge in [0.25, 0.3) is 0 Å². The van der Waals surface area contributed by atoms with Crippen LogP contribution in [0.15, 0.2) is 0 Å². The van der Waals surface area contributed by atoms with Crippen LogP contribution in [0.25, 0.3) is 0 Å². The molecule has 0 aromatic heterocycles. The highest BCUT2D eigenvalue weighted by molar-refractivity contribution is 4.83. The molecule has 0 aliphatic heterocycles. The number of hydrogen-bond donors (Lipinski definition) is 2. The first-order chi connectivity index (χ1) is 5.66. The topological polar surface area (TPSA) is 40.5 Å². The fourth-order valence-electron chi connectivity index (χ4n) is 2.16. The summed E-state index contributed by atoms with van der Waals surface area (Å²) in [4.78, 5) is 0. The van der Waals surface area contributed by atoms with E-state index in [-0.39, 0.29) is 18.1 Å². The van der Waals surface area contributed by atoms with Gasteiger partial charge in [0.2, 0.25) is 0 Å². The predicted molar refractivity (Wildman–Crippen MR) is 48.8 cm³/mol. The molecule has 0 saturated heterocycles. The van der Waals surface area contributed by atoms with E-state index in [1.54, 1.807) is 0 Å². The van der Waals surface area contributed by atoms with Gasteiger partial charge in [-0.15, -0.1) is 0 Å². The molecular weight excluding hydrogens is 152 g/mol. The molecule has 2 heteroatoms. The molecule has 2 N–H and O–H groups in total. The van der Waals surface area contributed by atoms with E-state index in [1.165, 1.54) is 0 Å². The standard InChI is InChI=1S/C10H20O2/c1-3-9(11)8-6-4-5-7(2)10(8)12/h7-12H,3-6H2,1-2H3. The molecule has 12 heavy (non-hydrogen) atoms. The maximum Gasteiger partial charge on any atom is 0.0618 e. The van der Waals surface area contributed by atoms with Crippen molar-refractivity contribution in [2.75, 3.05) is 0 Å². The summed E-state index contributed by atoms with van der Waals surface area (Å²) >= 11 is 0. The van der Waals surface area contributed by atoms with Gasteiger partial charge in [-0.1, -0.05) is 20.3 Å². The minimum atomic E-state index is -0.303. The van der Waals surface area contributed by atoms with Crippen LogP contribution in [0, 0.1) is 11.8 Å². The summed E-state index contributed by atoms with van der Waals surface area (Å²) in [6.07, 6.45) is 3.42. The van der Waals surface area contributed by atoms with Crippen molar-refractivity contribution in [1.29, 1.82) is 0 Å². The molecule has 2 nitrogen and oxygen atoms in total. The zero-order valence-corrected chi connectivity index (χ0v) is 8.03. The summed E-state index contributed by atoms with van der Waals surface area (Å²) in [5.41, 5.74) is 0. The number of rotatable bonds is 2. The molecule has 0 aromatic carbocycles. The normalized spacial score (nSPS) is 39.5. The van der Waals surface area contributed by atoms with Gasteiger partial charge in [-0.2, -0.15) is 0 Å². The number of aliphatic hydroxyl groups excluding tert-OH is 2. The molecule has 0 radical (unpaired) electrons. The second-order valence-corrected chi connectivity index (χ2v) is 4.04. The molecule has 1 rings (SSSR count). The van der Waals surface area contributed by atoms with Crippen LogP contribution in [0.5, 0.6) is 0 Å². The van der Waals surface area contributed by atoms with Gasteiger partial charge in [0.1, 0.15) is 0 Å². The molecule has 1 fully saturated rings. The first kappa shape index (κ1) is 10.0. The highest BCUT2D eigenvalue weighted by Gasteiger charge is 2.32. The lowest BCUT2D eigenvalue weighted by atomic mass is 9.76. The molecule has 0 amide bonds. The van der Waals surface area contributed by atoms with Crippen LogP contribution in [-0.2, 0) is 0 Å². The van der Waals surface area contributed by atoms with E-state index in [1.807, 2.05) is 6.92 Å². The fourth-order valence-corrected chi connectivity index (χ4v) is 2.16. The zero-order valence-electron chi connectivity index (χ0n) is 8.03. The van der Waals surface area contributed by atoms with E-state index < -0.39 is 0 Å². The van der Waals surface area contributed by atoms with E-state index >= 15 is 0 Å². The van der Waals surface area contributed by atoms with Crippen LogP contribution >= 0.6 is 0 Å². The zero-order chi connectivity index (χ0) is 9.14. The molecule has 1 aliphatic carbocycles. The summed E-state index contributed by atoms with van der Waals surface area (Å²) in [7, 11) is 0. The highest BCUT2D eigenvalue weighted by atomic mass is 16.3. The highest BCUT2D eigenvalue weighted by Crippen LogP contribution is 2.32. The lowest BCUT2D eigenvalue weighted by Gasteiger charge is -2.35. The monoisotopic (exact) mass is 172 g/mol. The third-order valence-electron chi connectivity index (χ3n) is 3.13. The minimum Gasteiger partial charge on any atom is -0.393 e. The molecule has 1 aliphatic rings. The molecule has 4 atom stereocenters. The van der Waals surface area contributed by atoms with E-state index in [2.05, 4.69) is 6.92 Å². The van der Waals surface area contributed by atoms with Crippen LogP contribution in [0.1, 0.15) is 39.5 Å². The van der Waals surface area contributed by atoms with Gasteiger partial charge in [0.05, 0.1) is 12.2 Å². The van der Waals surface area contributed by atoms with E-state index in [0.717, 1.165) is 25.7 Å². The van der Waals surface area contributed by atoms with Crippen LogP contribution < -0.4 is 0 Å². The van der Waals surface area contributed by atoms with E-state index in [4.69, 9.17) is 0 Å². The van der Waals surface area contributed by atoms with Crippen LogP contribution in [0.2, 0.25) is 0 Å². The summed E-state index contributed by atoms with van der Waals surface area (Å²) < 4.78 is 0. The quantitative estimate of drug-likeness (QED) is 0.663. The third-order valence-corrected chi connectivity index (χ3v) is 3.13. The summed E-state index contributed by atoms with van der Waals surface area (Å²) in [6.45, 7) is 4.04. The van der Waals surface area contributed by atoms with E-state index in [9.17, 15) is 10.2 Å². The second kappa shape index (κ2) is 4.24. The average molecular weight is 172 g/mol. The Morgan fingerprint density at radius 3 is 2.67 bits per heavy atom. The van der Waals surface area contributed by atoms with Crippen molar-refractivity contribution in [3.8, 4) is 0 Å². The van der Waals surface area contributed by atoms with Crippen LogP contribution in [0.4, 0.5) is 0 Å². The summed E-state index contributed by atoms with van der Waals surface area (Å²) in [5.74, 6) is 0.490. The van der Waals surface area contributed by atoms with Gasteiger partial charge >= 0.3 is 0 Å². The van der Waals surface area contributed by atoms with Crippen molar-refractivity contribution in [2.24, 2.45) is 11.8 Å². The van der Waals surface area contributed by atoms with Gasteiger partial charge in [-0.25, -0.2) is 0 Å². The Hall–Kier alpha value is -0.0800. The SMILES string of the molecule is CCC(O)C1CCCC(C)C1O. The maximum atomic E-state index is 9.78. The Bertz CT molecular complexity index is 136. The molecule has 0 heterocycles. The van der Waals surface area contributed by atoms with Crippen LogP contribution in [0.3, 0.4) is 0 Å². The smallest absolute Gasteiger partial charge is 0.0618 e. The Labute approximate surface area is 74.6 Å². The van der Waals surface area contributed by atoms with Gasteiger partial charge in [-0.3, -0.25) is 0 Å². The summed E-state index contributed by atoms with van der Waals surface area (Å²) in [6, 6.07) is 0. The van der Waals surface area contributed by atoms with Crippen molar-refractivity contribution in [1.82, 2.24) is 0 Å². The van der Waals surface area contributed by atoms with Crippen molar-refractivity contribution in [3.05, 3.63) is 0 Å². The molecule has 1 saturated carbocycles. The Balaban J connectivity index is 2.51. The lowest BCUT2D eigenvalue weighted by molar-refractivity contribution is -0.0404. The fraction of sp³-hybridized carbons (Fsp3) is 1.00. The van der Waals surface area contributed by atoms with Crippen LogP contribution in [-0.4, -0.2) is 22.4 Å². The first-order valence-corrected chi connectivity index (χ1v) is 5.03. The predicted octanol–water partition coefficient (Wildman–Crippen LogP) is 1.55. The molecule has 0 spiro atoms. The molecule has 4 unspecified atom stereocenters. The van der Waals surface area contributed by atoms with Gasteiger partial charge in [0.15, 0.2) is 0 Å². The van der Waals surface area contributed by atoms with E-state index in [0.29, 0.717) is 5.92 Å². The average Bonchev–Trinajstić information content (AvgIpc) is 2.08. The van der Waals surface area contributed by atoms with Crippen molar-refractivity contribution < 1.29 is 10.2 Å². The van der Waals surface area contributed by atoms with Gasteiger partial charge in [-0.05, 0) is 25.2 Å². The minimum absolute atomic E-state index is 0.124. The maximum absolute atomic E-state index is 9.78. The first-order valence-electron chi connectivity index (χ1n) is 5.03. The van der Waals surface area contributed by atoms with Gasteiger partial charge < -0.3 is 10.2 Å². The summed E-state index contributed by atoms with van der Waals surface area (Å²) in [5, 5.41) is 19.4. The molecular formula is C10H20O2. The number of hydrogen-bond acceptors (Lipinski definition) is 2. The molecule has 0 bridgehead atoms. The Kier molecular flexibility index (Phi) is 3.53. The van der Waals surface area contributed by atoms with Gasteiger partial charge in [0, 0.05) is 5.92 Å². The van der Waals surface area contributed by atoms with Crippen molar-refractivity contribution in [3.63, 3.8) is 0 Å². The third kappa shape index (κ3) is 1.99. The largest absolute Gasteiger partial charge is 0.393 e. The van der Waals surface area contributed by atoms with Crippen molar-refractivity contribution in [2.45, 2.75) is 51.7 Å². The lowest BCUT2D eigenvalue weighted by Crippen LogP contribution is -2.38. The molecule has 0 aromatic rings. The molecule has 72 valence electrons. The Morgan fingerprint density at radius 1 is 1.42 bits per heavy atom. The second-order valence-electron chi connectivity index (χ2n) is 4.04. The Morgan fingerprint density at radius 2 is 2.08 bits per heavy atom. The number of aliphatic hydroxyl groups is 2. The van der Waals surface area contributed by atoms with Crippen molar-refractivity contribution >= 4 is 0 Å².